The van der Waals surface area contributed by atoms with Gasteiger partial charge in [-0.3, -0.25) is 0 Å². The number of hydrogen-bond acceptors (Lipinski definition) is 4. The molecule has 0 aliphatic rings. The summed E-state index contributed by atoms with van der Waals surface area (Å²) in [4.78, 5) is 21.8. The molecule has 6 nitrogen and oxygen atoms in total. The molecule has 0 saturated carbocycles. The molecule has 92 valence electrons. The van der Waals surface area contributed by atoms with Crippen molar-refractivity contribution in [3.8, 4) is 0 Å². The molecule has 0 aromatic heterocycles. The molecular formula is C10H18N2O4. The Morgan fingerprint density at radius 1 is 0.875 bits per heavy atom. The monoisotopic (exact) mass is 230 g/mol. The topological polar surface area (TPSA) is 77.3 Å². The van der Waals surface area contributed by atoms with E-state index in [-0.39, 0.29) is 25.0 Å². The minimum Gasteiger partial charge on any atom is -0.447 e. The lowest BCUT2D eigenvalue weighted by Gasteiger charge is -2.03. The van der Waals surface area contributed by atoms with Crippen molar-refractivity contribution in [2.45, 2.75) is 27.7 Å². The van der Waals surface area contributed by atoms with Gasteiger partial charge in [0.15, 0.2) is 0 Å². The van der Waals surface area contributed by atoms with Crippen molar-refractivity contribution in [1.82, 2.24) is 0 Å². The average Bonchev–Trinajstić information content (AvgIpc) is 2.20. The van der Waals surface area contributed by atoms with Gasteiger partial charge in [-0.1, -0.05) is 37.9 Å². The van der Waals surface area contributed by atoms with Crippen LogP contribution in [0.5, 0.6) is 0 Å². The second-order valence-electron chi connectivity index (χ2n) is 4.14. The van der Waals surface area contributed by atoms with E-state index in [2.05, 4.69) is 19.7 Å². The van der Waals surface area contributed by atoms with Crippen molar-refractivity contribution in [2.75, 3.05) is 13.2 Å². The average molecular weight is 230 g/mol. The first-order chi connectivity index (χ1) is 7.41. The fourth-order valence-electron chi connectivity index (χ4n) is 0.615. The number of azo groups is 1. The van der Waals surface area contributed by atoms with Crippen LogP contribution in [0.15, 0.2) is 10.2 Å². The summed E-state index contributed by atoms with van der Waals surface area (Å²) in [5.74, 6) is 0.430. The Kier molecular flexibility index (Phi) is 7.07. The van der Waals surface area contributed by atoms with Gasteiger partial charge >= 0.3 is 12.2 Å². The van der Waals surface area contributed by atoms with Crippen LogP contribution in [0, 0.1) is 11.8 Å². The van der Waals surface area contributed by atoms with Gasteiger partial charge in [-0.2, -0.15) is 0 Å². The third-order valence-electron chi connectivity index (χ3n) is 1.29. The van der Waals surface area contributed by atoms with Gasteiger partial charge in [0.05, 0.1) is 13.2 Å². The Labute approximate surface area is 95.0 Å². The highest BCUT2D eigenvalue weighted by Crippen LogP contribution is 1.97. The van der Waals surface area contributed by atoms with Crippen molar-refractivity contribution in [1.29, 1.82) is 0 Å². The summed E-state index contributed by atoms with van der Waals surface area (Å²) in [5.41, 5.74) is 0. The molecule has 0 rings (SSSR count). The maximum absolute atomic E-state index is 10.9. The van der Waals surface area contributed by atoms with Gasteiger partial charge in [-0.25, -0.2) is 9.59 Å². The second kappa shape index (κ2) is 7.78. The Morgan fingerprint density at radius 3 is 1.44 bits per heavy atom. The van der Waals surface area contributed by atoms with Gasteiger partial charge in [0.2, 0.25) is 0 Å². The second-order valence-corrected chi connectivity index (χ2v) is 4.14. The first-order valence-electron chi connectivity index (χ1n) is 5.17. The number of ether oxygens (including phenoxy) is 2. The molecule has 0 aromatic rings. The van der Waals surface area contributed by atoms with Gasteiger partial charge in [0, 0.05) is 0 Å². The number of hydrogen-bond donors (Lipinski definition) is 0. The summed E-state index contributed by atoms with van der Waals surface area (Å²) < 4.78 is 9.34. The number of carbonyl (C=O) groups is 2. The highest BCUT2D eigenvalue weighted by molar-refractivity contribution is 5.73. The Morgan fingerprint density at radius 2 is 1.19 bits per heavy atom. The van der Waals surface area contributed by atoms with Crippen molar-refractivity contribution >= 4 is 12.2 Å². The summed E-state index contributed by atoms with van der Waals surface area (Å²) >= 11 is 0. The predicted molar refractivity (Wildman–Crippen MR) is 57.2 cm³/mol. The zero-order valence-corrected chi connectivity index (χ0v) is 10.1. The summed E-state index contributed by atoms with van der Waals surface area (Å²) in [5, 5.41) is 6.13. The van der Waals surface area contributed by atoms with E-state index in [0.717, 1.165) is 0 Å². The van der Waals surface area contributed by atoms with Crippen LogP contribution < -0.4 is 0 Å². The molecule has 0 fully saturated rings. The normalized spacial score (nSPS) is 11.1. The van der Waals surface area contributed by atoms with Crippen molar-refractivity contribution in [3.05, 3.63) is 0 Å². The molecule has 0 N–H and O–H groups in total. The zero-order chi connectivity index (χ0) is 12.6. The van der Waals surface area contributed by atoms with Crippen molar-refractivity contribution < 1.29 is 19.1 Å². The highest BCUT2D eigenvalue weighted by Gasteiger charge is 2.05. The lowest BCUT2D eigenvalue weighted by Crippen LogP contribution is -2.08. The van der Waals surface area contributed by atoms with E-state index in [0.29, 0.717) is 0 Å². The van der Waals surface area contributed by atoms with Crippen LogP contribution in [-0.4, -0.2) is 25.4 Å². The smallest absolute Gasteiger partial charge is 0.447 e. The Hall–Kier alpha value is -1.46. The maximum atomic E-state index is 10.9. The fraction of sp³-hybridized carbons (Fsp3) is 0.800. The molecule has 0 spiro atoms. The number of carbonyl (C=O) groups excluding carboxylic acids is 2. The Balaban J connectivity index is 3.80. The van der Waals surface area contributed by atoms with Crippen LogP contribution >= 0.6 is 0 Å². The largest absolute Gasteiger partial charge is 0.452 e. The van der Waals surface area contributed by atoms with Gasteiger partial charge in [0.1, 0.15) is 0 Å². The van der Waals surface area contributed by atoms with E-state index in [1.54, 1.807) is 0 Å². The highest BCUT2D eigenvalue weighted by atomic mass is 16.6. The summed E-state index contributed by atoms with van der Waals surface area (Å²) in [7, 11) is 0. The van der Waals surface area contributed by atoms with Crippen LogP contribution in [0.3, 0.4) is 0 Å². The Bertz CT molecular complexity index is 236. The SMILES string of the molecule is CC(C)COC(=O)N=NC(=O)OCC(C)C. The van der Waals surface area contributed by atoms with Crippen molar-refractivity contribution in [2.24, 2.45) is 22.1 Å². The van der Waals surface area contributed by atoms with E-state index in [1.165, 1.54) is 0 Å². The lowest BCUT2D eigenvalue weighted by molar-refractivity contribution is 0.133. The summed E-state index contributed by atoms with van der Waals surface area (Å²) in [6, 6.07) is 0. The minimum atomic E-state index is -0.879. The van der Waals surface area contributed by atoms with Gasteiger partial charge in [-0.05, 0) is 11.8 Å². The van der Waals surface area contributed by atoms with Crippen LogP contribution in [-0.2, 0) is 9.47 Å². The van der Waals surface area contributed by atoms with Crippen LogP contribution in [0.4, 0.5) is 9.59 Å². The number of amides is 2. The molecule has 0 aromatic carbocycles. The van der Waals surface area contributed by atoms with Gasteiger partial charge < -0.3 is 9.47 Å². The number of nitrogens with zero attached hydrogens (tertiary/aromatic N) is 2. The first kappa shape index (κ1) is 14.5. The van der Waals surface area contributed by atoms with E-state index in [1.807, 2.05) is 27.7 Å². The lowest BCUT2D eigenvalue weighted by atomic mass is 10.2. The molecule has 0 bridgehead atoms. The summed E-state index contributed by atoms with van der Waals surface area (Å²) in [6.45, 7) is 8.06. The van der Waals surface area contributed by atoms with Crippen LogP contribution in [0.25, 0.3) is 0 Å². The van der Waals surface area contributed by atoms with Crippen LogP contribution in [0.1, 0.15) is 27.7 Å². The van der Waals surface area contributed by atoms with E-state index < -0.39 is 12.2 Å². The number of rotatable bonds is 4. The van der Waals surface area contributed by atoms with Crippen molar-refractivity contribution in [3.63, 3.8) is 0 Å². The maximum Gasteiger partial charge on any atom is 0.452 e. The molecule has 0 aliphatic heterocycles. The molecule has 0 saturated heterocycles. The minimum absolute atomic E-state index is 0.215. The molecule has 2 amide bonds. The van der Waals surface area contributed by atoms with E-state index >= 15 is 0 Å². The van der Waals surface area contributed by atoms with E-state index in [9.17, 15) is 9.59 Å². The predicted octanol–water partition coefficient (Wildman–Crippen LogP) is 3.02. The zero-order valence-electron chi connectivity index (χ0n) is 10.1. The third kappa shape index (κ3) is 9.11. The first-order valence-corrected chi connectivity index (χ1v) is 5.17. The van der Waals surface area contributed by atoms with E-state index in [4.69, 9.17) is 0 Å². The molecule has 16 heavy (non-hydrogen) atoms. The molecule has 0 atom stereocenters. The van der Waals surface area contributed by atoms with Crippen LogP contribution in [0.2, 0.25) is 0 Å². The molecule has 0 unspecified atom stereocenters. The quantitative estimate of drug-likeness (QED) is 0.695. The molecular weight excluding hydrogens is 212 g/mol. The molecule has 0 aliphatic carbocycles. The molecule has 6 heteroatoms. The summed E-state index contributed by atoms with van der Waals surface area (Å²) in [6.07, 6.45) is -1.76. The molecule has 0 heterocycles. The third-order valence-corrected chi connectivity index (χ3v) is 1.29. The standard InChI is InChI=1S/C10H18N2O4/c1-7(2)5-15-9(13)11-12-10(14)16-6-8(3)4/h7-8H,5-6H2,1-4H3. The van der Waals surface area contributed by atoms with Gasteiger partial charge in [-0.15, -0.1) is 0 Å². The molecule has 0 radical (unpaired) electrons. The van der Waals surface area contributed by atoms with Gasteiger partial charge in [0.25, 0.3) is 0 Å². The fourth-order valence-corrected chi connectivity index (χ4v) is 0.615.